The molecule has 0 bridgehead atoms. The lowest BCUT2D eigenvalue weighted by atomic mass is 10.1. The Morgan fingerprint density at radius 1 is 1.33 bits per heavy atom. The van der Waals surface area contributed by atoms with Gasteiger partial charge in [0.2, 0.25) is 0 Å². The van der Waals surface area contributed by atoms with Crippen LogP contribution < -0.4 is 0 Å². The SMILES string of the molecule is C=CCN(CC(N=[N+]=[N-])C(C=C)OCc1ccccc1)C(=O)OC(C)(C)C. The molecule has 2 unspecified atom stereocenters. The van der Waals surface area contributed by atoms with Gasteiger partial charge < -0.3 is 14.4 Å². The highest BCUT2D eigenvalue weighted by molar-refractivity contribution is 5.68. The number of amides is 1. The Hall–Kier alpha value is -2.76. The van der Waals surface area contributed by atoms with Crippen LogP contribution in [0, 0.1) is 0 Å². The molecule has 0 aromatic heterocycles. The van der Waals surface area contributed by atoms with Crippen LogP contribution in [-0.2, 0) is 16.1 Å². The van der Waals surface area contributed by atoms with Gasteiger partial charge in [-0.3, -0.25) is 0 Å². The third-order valence-electron chi connectivity index (χ3n) is 3.51. The van der Waals surface area contributed by atoms with E-state index >= 15 is 0 Å². The van der Waals surface area contributed by atoms with Crippen molar-refractivity contribution in [3.8, 4) is 0 Å². The van der Waals surface area contributed by atoms with Gasteiger partial charge in [0, 0.05) is 18.0 Å². The van der Waals surface area contributed by atoms with E-state index in [1.807, 2.05) is 30.3 Å². The third kappa shape index (κ3) is 8.44. The van der Waals surface area contributed by atoms with Gasteiger partial charge >= 0.3 is 6.09 Å². The summed E-state index contributed by atoms with van der Waals surface area (Å²) in [6.45, 7) is 13.5. The lowest BCUT2D eigenvalue weighted by molar-refractivity contribution is 0.0163. The summed E-state index contributed by atoms with van der Waals surface area (Å²) in [5, 5.41) is 3.81. The largest absolute Gasteiger partial charge is 0.444 e. The van der Waals surface area contributed by atoms with Crippen LogP contribution in [0.4, 0.5) is 4.79 Å². The minimum absolute atomic E-state index is 0.121. The number of hydrogen-bond acceptors (Lipinski definition) is 4. The summed E-state index contributed by atoms with van der Waals surface area (Å²) in [7, 11) is 0. The van der Waals surface area contributed by atoms with Gasteiger partial charge in [0.1, 0.15) is 5.60 Å². The fourth-order valence-electron chi connectivity index (χ4n) is 2.31. The Bertz CT molecular complexity index is 664. The molecule has 0 radical (unpaired) electrons. The zero-order valence-corrected chi connectivity index (χ0v) is 16.2. The van der Waals surface area contributed by atoms with Gasteiger partial charge in [-0.05, 0) is 31.9 Å². The first-order valence-electron chi connectivity index (χ1n) is 8.71. The van der Waals surface area contributed by atoms with Crippen LogP contribution in [0.3, 0.4) is 0 Å². The summed E-state index contributed by atoms with van der Waals surface area (Å²) < 4.78 is 11.3. The number of ether oxygens (including phenoxy) is 2. The van der Waals surface area contributed by atoms with Crippen LogP contribution in [0.25, 0.3) is 10.4 Å². The van der Waals surface area contributed by atoms with Crippen molar-refractivity contribution in [2.75, 3.05) is 13.1 Å². The molecule has 2 atom stereocenters. The molecule has 0 saturated heterocycles. The molecular weight excluding hydrogens is 344 g/mol. The van der Waals surface area contributed by atoms with E-state index in [0.29, 0.717) is 6.61 Å². The number of benzene rings is 1. The van der Waals surface area contributed by atoms with Gasteiger partial charge in [-0.15, -0.1) is 13.2 Å². The molecule has 0 aliphatic heterocycles. The smallest absolute Gasteiger partial charge is 0.410 e. The van der Waals surface area contributed by atoms with E-state index in [1.165, 1.54) is 4.90 Å². The maximum Gasteiger partial charge on any atom is 0.410 e. The number of hydrogen-bond donors (Lipinski definition) is 0. The monoisotopic (exact) mass is 372 g/mol. The molecule has 7 heteroatoms. The van der Waals surface area contributed by atoms with E-state index in [0.717, 1.165) is 5.56 Å². The van der Waals surface area contributed by atoms with Crippen LogP contribution in [0.5, 0.6) is 0 Å². The topological polar surface area (TPSA) is 87.5 Å². The molecular formula is C20H28N4O3. The summed E-state index contributed by atoms with van der Waals surface area (Å²) in [5.41, 5.74) is 9.30. The summed E-state index contributed by atoms with van der Waals surface area (Å²) >= 11 is 0. The van der Waals surface area contributed by atoms with Gasteiger partial charge in [-0.25, -0.2) is 4.79 Å². The second-order valence-corrected chi connectivity index (χ2v) is 6.94. The highest BCUT2D eigenvalue weighted by atomic mass is 16.6. The first kappa shape index (κ1) is 22.3. The zero-order valence-electron chi connectivity index (χ0n) is 16.2. The van der Waals surface area contributed by atoms with Crippen molar-refractivity contribution in [1.29, 1.82) is 0 Å². The summed E-state index contributed by atoms with van der Waals surface area (Å²) in [4.78, 5) is 16.8. The van der Waals surface area contributed by atoms with E-state index in [2.05, 4.69) is 23.2 Å². The molecule has 0 fully saturated rings. The molecule has 0 saturated carbocycles. The van der Waals surface area contributed by atoms with Crippen molar-refractivity contribution in [3.05, 3.63) is 71.6 Å². The molecule has 1 aromatic carbocycles. The number of nitrogens with zero attached hydrogens (tertiary/aromatic N) is 4. The summed E-state index contributed by atoms with van der Waals surface area (Å²) in [6.07, 6.45) is 2.09. The number of azide groups is 1. The van der Waals surface area contributed by atoms with Gasteiger partial charge in [-0.1, -0.05) is 47.6 Å². The quantitative estimate of drug-likeness (QED) is 0.254. The van der Waals surface area contributed by atoms with Crippen LogP contribution >= 0.6 is 0 Å². The minimum Gasteiger partial charge on any atom is -0.444 e. The Kier molecular flexibility index (Phi) is 9.13. The zero-order chi connectivity index (χ0) is 20.3. The minimum atomic E-state index is -0.649. The molecule has 146 valence electrons. The lowest BCUT2D eigenvalue weighted by Crippen LogP contribution is -2.44. The summed E-state index contributed by atoms with van der Waals surface area (Å²) in [6, 6.07) is 8.98. The molecule has 0 N–H and O–H groups in total. The van der Waals surface area contributed by atoms with Crippen LogP contribution in [0.15, 0.2) is 60.8 Å². The molecule has 1 aromatic rings. The average molecular weight is 372 g/mol. The Morgan fingerprint density at radius 2 is 2.00 bits per heavy atom. The van der Waals surface area contributed by atoms with E-state index in [4.69, 9.17) is 15.0 Å². The molecule has 1 rings (SSSR count). The second-order valence-electron chi connectivity index (χ2n) is 6.94. The van der Waals surface area contributed by atoms with E-state index in [1.54, 1.807) is 32.9 Å². The molecule has 7 nitrogen and oxygen atoms in total. The average Bonchev–Trinajstić information content (AvgIpc) is 2.61. The van der Waals surface area contributed by atoms with Crippen molar-refractivity contribution in [1.82, 2.24) is 4.90 Å². The second kappa shape index (κ2) is 11.1. The fraction of sp³-hybridized carbons (Fsp3) is 0.450. The molecule has 0 aliphatic carbocycles. The van der Waals surface area contributed by atoms with E-state index < -0.39 is 23.8 Å². The van der Waals surface area contributed by atoms with Crippen LogP contribution in [0.1, 0.15) is 26.3 Å². The lowest BCUT2D eigenvalue weighted by Gasteiger charge is -2.30. The normalized spacial score (nSPS) is 13.0. The molecule has 0 aliphatic rings. The Labute approximate surface area is 160 Å². The van der Waals surface area contributed by atoms with Crippen LogP contribution in [0.2, 0.25) is 0 Å². The maximum atomic E-state index is 12.4. The van der Waals surface area contributed by atoms with Gasteiger partial charge in [0.05, 0.1) is 18.8 Å². The van der Waals surface area contributed by atoms with E-state index in [9.17, 15) is 4.79 Å². The summed E-state index contributed by atoms with van der Waals surface area (Å²) in [5.74, 6) is 0. The molecule has 27 heavy (non-hydrogen) atoms. The Balaban J connectivity index is 2.87. The first-order chi connectivity index (χ1) is 12.8. The first-order valence-corrected chi connectivity index (χ1v) is 8.71. The predicted octanol–water partition coefficient (Wildman–Crippen LogP) is 4.86. The molecule has 0 spiro atoms. The Morgan fingerprint density at radius 3 is 2.52 bits per heavy atom. The van der Waals surface area contributed by atoms with E-state index in [-0.39, 0.29) is 13.1 Å². The van der Waals surface area contributed by atoms with Crippen LogP contribution in [-0.4, -0.2) is 41.8 Å². The highest BCUT2D eigenvalue weighted by Crippen LogP contribution is 2.15. The predicted molar refractivity (Wildman–Crippen MR) is 106 cm³/mol. The van der Waals surface area contributed by atoms with Crippen molar-refractivity contribution in [3.63, 3.8) is 0 Å². The van der Waals surface area contributed by atoms with Crippen molar-refractivity contribution < 1.29 is 14.3 Å². The third-order valence-corrected chi connectivity index (χ3v) is 3.51. The van der Waals surface area contributed by atoms with Crippen molar-refractivity contribution in [2.24, 2.45) is 5.11 Å². The fourth-order valence-corrected chi connectivity index (χ4v) is 2.31. The highest BCUT2D eigenvalue weighted by Gasteiger charge is 2.27. The van der Waals surface area contributed by atoms with Gasteiger partial charge in [0.15, 0.2) is 0 Å². The molecule has 0 heterocycles. The number of rotatable bonds is 10. The van der Waals surface area contributed by atoms with Gasteiger partial charge in [0.25, 0.3) is 0 Å². The number of carbonyl (C=O) groups excluding carboxylic acids is 1. The molecule has 1 amide bonds. The van der Waals surface area contributed by atoms with Gasteiger partial charge in [-0.2, -0.15) is 0 Å². The number of carbonyl (C=O) groups is 1. The standard InChI is InChI=1S/C20H28N4O3/c1-6-13-24(19(25)27-20(3,4)5)14-17(22-23-21)18(7-2)26-15-16-11-9-8-10-12-16/h6-12,17-18H,1-2,13-15H2,3-5H3. The van der Waals surface area contributed by atoms with Crippen molar-refractivity contribution in [2.45, 2.75) is 45.1 Å². The maximum absolute atomic E-state index is 12.4. The van der Waals surface area contributed by atoms with Crippen molar-refractivity contribution >= 4 is 6.09 Å².